The molecular formula is C2H6Cl2I2Pd-2. The molecule has 54 valence electrons. The van der Waals surface area contributed by atoms with Gasteiger partial charge in [-0.3, -0.25) is 0 Å². The normalized spacial score (nSPS) is 4.00. The Morgan fingerprint density at radius 3 is 1.00 bits per heavy atom. The molecule has 0 heterocycles. The molecule has 0 atom stereocenters. The maximum atomic E-state index is 4.81. The van der Waals surface area contributed by atoms with E-state index in [0.717, 1.165) is 0 Å². The van der Waals surface area contributed by atoms with E-state index in [4.69, 9.17) is 19.1 Å². The molecule has 0 aliphatic rings. The van der Waals surface area contributed by atoms with Crippen LogP contribution in [0.1, 0.15) is 0 Å². The molecule has 0 saturated carbocycles. The van der Waals surface area contributed by atoms with Crippen molar-refractivity contribution in [3.05, 3.63) is 14.9 Å². The van der Waals surface area contributed by atoms with E-state index in [-0.39, 0.29) is 30.8 Å². The number of hydrogen-bond donors (Lipinski definition) is 0. The first-order valence-electron chi connectivity index (χ1n) is 0.382. The Morgan fingerprint density at radius 1 is 1.00 bits per heavy atom. The van der Waals surface area contributed by atoms with Crippen molar-refractivity contribution in [3.8, 4) is 0 Å². The summed E-state index contributed by atoms with van der Waals surface area (Å²) in [6.07, 6.45) is 0. The maximum absolute atomic E-state index is 4.81. The molecule has 0 aromatic heterocycles. The molecule has 7 heavy (non-hydrogen) atoms. The van der Waals surface area contributed by atoms with Gasteiger partial charge in [-0.25, -0.2) is 0 Å². The van der Waals surface area contributed by atoms with Crippen molar-refractivity contribution in [1.29, 1.82) is 0 Å². The van der Waals surface area contributed by atoms with Crippen molar-refractivity contribution in [2.24, 2.45) is 0 Å². The number of rotatable bonds is 0. The average molecular weight is 461 g/mol. The molecule has 0 aromatic carbocycles. The van der Waals surface area contributed by atoms with Gasteiger partial charge in [0.05, 0.1) is 0 Å². The number of halogens is 4. The Morgan fingerprint density at radius 2 is 1.00 bits per heavy atom. The zero-order valence-electron chi connectivity index (χ0n) is 3.83. The zero-order valence-corrected chi connectivity index (χ0v) is 11.2. The Balaban J connectivity index is -0.0000000105. The van der Waals surface area contributed by atoms with Gasteiger partial charge in [0.1, 0.15) is 0 Å². The van der Waals surface area contributed by atoms with Gasteiger partial charge in [0.2, 0.25) is 0 Å². The van der Waals surface area contributed by atoms with Crippen LogP contribution in [0.2, 0.25) is 0 Å². The Labute approximate surface area is 85.5 Å². The summed E-state index contributed by atoms with van der Waals surface area (Å²) in [4.78, 5) is 0. The van der Waals surface area contributed by atoms with Crippen LogP contribution in [0.3, 0.4) is 0 Å². The van der Waals surface area contributed by atoms with Crippen LogP contribution >= 0.6 is 56.3 Å². The fourth-order valence-electron chi connectivity index (χ4n) is 0. The van der Waals surface area contributed by atoms with Gasteiger partial charge in [-0.15, -0.1) is 0 Å². The molecule has 0 fully saturated rings. The summed E-state index contributed by atoms with van der Waals surface area (Å²) in [6, 6.07) is 0. The molecule has 0 saturated heterocycles. The van der Waals surface area contributed by atoms with Crippen LogP contribution in [0, 0.1) is 14.9 Å². The van der Waals surface area contributed by atoms with Gasteiger partial charge in [-0.2, -0.15) is 0 Å². The molecule has 0 spiro atoms. The molecule has 0 rings (SSSR count). The quantitative estimate of drug-likeness (QED) is 0.290. The Hall–Kier alpha value is 2.70. The molecule has 0 nitrogen and oxygen atoms in total. The van der Waals surface area contributed by atoms with Gasteiger partial charge in [0, 0.05) is 37.2 Å². The molecule has 0 unspecified atom stereocenters. The van der Waals surface area contributed by atoms with E-state index in [1.165, 1.54) is 0 Å². The van der Waals surface area contributed by atoms with E-state index in [1.807, 2.05) is 0 Å². The van der Waals surface area contributed by atoms with Gasteiger partial charge in [0.15, 0.2) is 0 Å². The van der Waals surface area contributed by atoms with E-state index >= 15 is 0 Å². The van der Waals surface area contributed by atoms with E-state index in [2.05, 4.69) is 37.2 Å². The predicted octanol–water partition coefficient (Wildman–Crippen LogP) is 4.05. The fourth-order valence-corrected chi connectivity index (χ4v) is 0. The zero-order chi connectivity index (χ0) is 4.71. The SMILES string of the molecule is II.[CH3-].[CH3-].[Cl][Pd][Cl]. The summed E-state index contributed by atoms with van der Waals surface area (Å²) < 4.78 is 0. The summed E-state index contributed by atoms with van der Waals surface area (Å²) in [6.45, 7) is 0. The minimum absolute atomic E-state index is 0. The van der Waals surface area contributed by atoms with Crippen LogP contribution in [0.25, 0.3) is 0 Å². The molecule has 5 heteroatoms. The van der Waals surface area contributed by atoms with Gasteiger partial charge < -0.3 is 14.9 Å². The second kappa shape index (κ2) is 37.7. The van der Waals surface area contributed by atoms with Crippen molar-refractivity contribution in [2.45, 2.75) is 0 Å². The van der Waals surface area contributed by atoms with Crippen molar-refractivity contribution >= 4 is 56.3 Å². The van der Waals surface area contributed by atoms with Crippen molar-refractivity contribution in [1.82, 2.24) is 0 Å². The topological polar surface area (TPSA) is 0 Å². The van der Waals surface area contributed by atoms with Crippen LogP contribution in [-0.4, -0.2) is 0 Å². The average Bonchev–Trinajstić information content (AvgIpc) is 1.46. The summed E-state index contributed by atoms with van der Waals surface area (Å²) in [7, 11) is 9.63. The van der Waals surface area contributed by atoms with E-state index < -0.39 is 0 Å². The second-order valence-corrected chi connectivity index (χ2v) is 2.41. The molecular weight excluding hydrogens is 455 g/mol. The van der Waals surface area contributed by atoms with Gasteiger partial charge in [-0.1, -0.05) is 0 Å². The van der Waals surface area contributed by atoms with Crippen molar-refractivity contribution in [3.63, 3.8) is 0 Å². The second-order valence-electron chi connectivity index (χ2n) is 0.0452. The molecule has 0 bridgehead atoms. The van der Waals surface area contributed by atoms with Gasteiger partial charge in [-0.05, 0) is 0 Å². The van der Waals surface area contributed by atoms with E-state index in [0.29, 0.717) is 0 Å². The summed E-state index contributed by atoms with van der Waals surface area (Å²) in [5.74, 6) is 0. The summed E-state index contributed by atoms with van der Waals surface area (Å²) in [5.41, 5.74) is 0. The fraction of sp³-hybridized carbons (Fsp3) is 0. The first-order chi connectivity index (χ1) is 2.41. The first kappa shape index (κ1) is 22.6. The predicted molar refractivity (Wildman–Crippen MR) is 52.6 cm³/mol. The molecule has 0 aromatic rings. The van der Waals surface area contributed by atoms with Crippen LogP contribution in [-0.2, 0) is 15.9 Å². The minimum atomic E-state index is -0.106. The van der Waals surface area contributed by atoms with Crippen LogP contribution < -0.4 is 0 Å². The monoisotopic (exact) mass is 460 g/mol. The third kappa shape index (κ3) is 53.5. The Bertz CT molecular complexity index is 13.7. The summed E-state index contributed by atoms with van der Waals surface area (Å²) in [5, 5.41) is 0. The summed E-state index contributed by atoms with van der Waals surface area (Å²) >= 11 is 4.13. The van der Waals surface area contributed by atoms with E-state index in [9.17, 15) is 0 Å². The molecule has 0 N–H and O–H groups in total. The van der Waals surface area contributed by atoms with Crippen molar-refractivity contribution < 1.29 is 15.9 Å². The molecule has 0 aliphatic carbocycles. The number of hydrogen-bond acceptors (Lipinski definition) is 0. The molecule has 0 aliphatic heterocycles. The third-order valence-corrected chi connectivity index (χ3v) is 0. The standard InChI is InChI=1S/2CH3.2ClH.I2.Pd/c;;;;1-2;/h2*1H3;2*1H;;/q2*-1;;;;+2/p-2. The third-order valence-electron chi connectivity index (χ3n) is 0. The van der Waals surface area contributed by atoms with Gasteiger partial charge in [0.25, 0.3) is 0 Å². The van der Waals surface area contributed by atoms with Crippen LogP contribution in [0.4, 0.5) is 0 Å². The van der Waals surface area contributed by atoms with E-state index in [1.54, 1.807) is 0 Å². The molecule has 0 amide bonds. The molecule has 0 radical (unpaired) electrons. The first-order valence-corrected chi connectivity index (χ1v) is 10.7. The van der Waals surface area contributed by atoms with Crippen LogP contribution in [0.5, 0.6) is 0 Å². The Kier molecular flexibility index (Phi) is 122. The van der Waals surface area contributed by atoms with Gasteiger partial charge >= 0.3 is 35.0 Å². The van der Waals surface area contributed by atoms with Crippen molar-refractivity contribution in [2.75, 3.05) is 0 Å². The van der Waals surface area contributed by atoms with Crippen LogP contribution in [0.15, 0.2) is 0 Å².